The Kier molecular flexibility index (Phi) is 4.28. The molecular formula is C12H16FNO. The first kappa shape index (κ1) is 11.7. The van der Waals surface area contributed by atoms with Gasteiger partial charge in [0, 0.05) is 6.42 Å². The molecule has 1 unspecified atom stereocenters. The van der Waals surface area contributed by atoms with E-state index in [1.165, 1.54) is 6.07 Å². The Bertz CT molecular complexity index is 338. The molecule has 2 N–H and O–H groups in total. The number of hydrogen-bond donors (Lipinski definition) is 1. The lowest BCUT2D eigenvalue weighted by Crippen LogP contribution is -2.16. The first-order valence-electron chi connectivity index (χ1n) is 5.17. The zero-order valence-electron chi connectivity index (χ0n) is 8.87. The van der Waals surface area contributed by atoms with Crippen LogP contribution in [0, 0.1) is 5.82 Å². The molecule has 0 aliphatic rings. The molecule has 0 bridgehead atoms. The summed E-state index contributed by atoms with van der Waals surface area (Å²) in [4.78, 5) is 10.9. The molecule has 0 saturated heterocycles. The van der Waals surface area contributed by atoms with E-state index in [0.29, 0.717) is 5.56 Å². The number of rotatable bonds is 5. The Morgan fingerprint density at radius 2 is 2.13 bits per heavy atom. The number of benzene rings is 1. The zero-order valence-corrected chi connectivity index (χ0v) is 8.87. The Labute approximate surface area is 89.3 Å². The minimum atomic E-state index is -0.378. The highest BCUT2D eigenvalue weighted by Gasteiger charge is 2.16. The van der Waals surface area contributed by atoms with Crippen LogP contribution in [0.2, 0.25) is 0 Å². The standard InChI is InChI=1S/C12H16FNO/c1-2-5-9(8-12(14)15)10-6-3-4-7-11(10)13/h3-4,6-7,9H,2,5,8H2,1H3,(H2,14,15). The number of nitrogens with two attached hydrogens (primary N) is 1. The maximum atomic E-state index is 13.5. The number of carbonyl (C=O) groups excluding carboxylic acids is 1. The lowest BCUT2D eigenvalue weighted by atomic mass is 9.91. The quantitative estimate of drug-likeness (QED) is 0.795. The van der Waals surface area contributed by atoms with Crippen LogP contribution in [0.1, 0.15) is 37.7 Å². The molecule has 1 aromatic rings. The summed E-state index contributed by atoms with van der Waals surface area (Å²) in [5.41, 5.74) is 5.75. The minimum absolute atomic E-state index is 0.0892. The smallest absolute Gasteiger partial charge is 0.218 e. The summed E-state index contributed by atoms with van der Waals surface area (Å²) < 4.78 is 13.5. The zero-order chi connectivity index (χ0) is 11.3. The molecular weight excluding hydrogens is 193 g/mol. The van der Waals surface area contributed by atoms with Crippen LogP contribution in [-0.4, -0.2) is 5.91 Å². The molecule has 0 aromatic heterocycles. The predicted octanol–water partition coefficient (Wildman–Crippen LogP) is 2.58. The molecule has 0 aliphatic heterocycles. The molecule has 15 heavy (non-hydrogen) atoms. The Morgan fingerprint density at radius 1 is 1.47 bits per heavy atom. The highest BCUT2D eigenvalue weighted by Crippen LogP contribution is 2.26. The molecule has 0 radical (unpaired) electrons. The third-order valence-electron chi connectivity index (χ3n) is 2.43. The summed E-state index contributed by atoms with van der Waals surface area (Å²) >= 11 is 0. The number of carbonyl (C=O) groups is 1. The van der Waals surface area contributed by atoms with Crippen LogP contribution in [0.5, 0.6) is 0 Å². The van der Waals surface area contributed by atoms with Gasteiger partial charge in [0.15, 0.2) is 0 Å². The maximum Gasteiger partial charge on any atom is 0.218 e. The van der Waals surface area contributed by atoms with Gasteiger partial charge in [-0.15, -0.1) is 0 Å². The maximum absolute atomic E-state index is 13.5. The molecule has 0 spiro atoms. The van der Waals surface area contributed by atoms with Gasteiger partial charge < -0.3 is 5.73 Å². The van der Waals surface area contributed by atoms with E-state index in [1.54, 1.807) is 18.2 Å². The summed E-state index contributed by atoms with van der Waals surface area (Å²) in [7, 11) is 0. The van der Waals surface area contributed by atoms with E-state index in [1.807, 2.05) is 6.92 Å². The number of hydrogen-bond acceptors (Lipinski definition) is 1. The lowest BCUT2D eigenvalue weighted by Gasteiger charge is -2.15. The van der Waals surface area contributed by atoms with E-state index in [0.717, 1.165) is 12.8 Å². The van der Waals surface area contributed by atoms with Gasteiger partial charge in [-0.25, -0.2) is 4.39 Å². The Hall–Kier alpha value is -1.38. The summed E-state index contributed by atoms with van der Waals surface area (Å²) in [6.07, 6.45) is 1.91. The summed E-state index contributed by atoms with van der Waals surface area (Å²) in [5, 5.41) is 0. The normalized spacial score (nSPS) is 12.4. The van der Waals surface area contributed by atoms with Gasteiger partial charge in [0.2, 0.25) is 5.91 Å². The van der Waals surface area contributed by atoms with Crippen molar-refractivity contribution in [2.24, 2.45) is 5.73 Å². The van der Waals surface area contributed by atoms with Gasteiger partial charge in [-0.2, -0.15) is 0 Å². The molecule has 2 nitrogen and oxygen atoms in total. The number of amides is 1. The molecule has 0 heterocycles. The fourth-order valence-electron chi connectivity index (χ4n) is 1.77. The number of primary amides is 1. The van der Waals surface area contributed by atoms with Crippen LogP contribution in [0.15, 0.2) is 24.3 Å². The number of halogens is 1. The van der Waals surface area contributed by atoms with Crippen molar-refractivity contribution in [3.05, 3.63) is 35.6 Å². The van der Waals surface area contributed by atoms with Crippen LogP contribution in [0.25, 0.3) is 0 Å². The van der Waals surface area contributed by atoms with Crippen molar-refractivity contribution in [1.29, 1.82) is 0 Å². The van der Waals surface area contributed by atoms with Gasteiger partial charge in [-0.05, 0) is 24.0 Å². The summed E-state index contributed by atoms with van der Waals surface area (Å²) in [6.45, 7) is 2.01. The second kappa shape index (κ2) is 5.49. The molecule has 3 heteroatoms. The largest absolute Gasteiger partial charge is 0.370 e. The van der Waals surface area contributed by atoms with E-state index >= 15 is 0 Å². The van der Waals surface area contributed by atoms with Gasteiger partial charge in [-0.3, -0.25) is 4.79 Å². The molecule has 82 valence electrons. The van der Waals surface area contributed by atoms with Gasteiger partial charge in [0.1, 0.15) is 5.82 Å². The fraction of sp³-hybridized carbons (Fsp3) is 0.417. The van der Waals surface area contributed by atoms with E-state index in [9.17, 15) is 9.18 Å². The first-order chi connectivity index (χ1) is 7.15. The van der Waals surface area contributed by atoms with E-state index < -0.39 is 0 Å². The first-order valence-corrected chi connectivity index (χ1v) is 5.17. The van der Waals surface area contributed by atoms with Crippen molar-refractivity contribution in [1.82, 2.24) is 0 Å². The van der Waals surface area contributed by atoms with Crippen molar-refractivity contribution in [2.45, 2.75) is 32.1 Å². The predicted molar refractivity (Wildman–Crippen MR) is 57.9 cm³/mol. The van der Waals surface area contributed by atoms with Crippen molar-refractivity contribution >= 4 is 5.91 Å². The van der Waals surface area contributed by atoms with Crippen molar-refractivity contribution in [2.75, 3.05) is 0 Å². The Morgan fingerprint density at radius 3 is 2.67 bits per heavy atom. The lowest BCUT2D eigenvalue weighted by molar-refractivity contribution is -0.118. The van der Waals surface area contributed by atoms with Crippen LogP contribution < -0.4 is 5.73 Å². The highest BCUT2D eigenvalue weighted by atomic mass is 19.1. The van der Waals surface area contributed by atoms with Gasteiger partial charge in [0.25, 0.3) is 0 Å². The summed E-state index contributed by atoms with van der Waals surface area (Å²) in [6, 6.07) is 6.56. The molecule has 1 rings (SSSR count). The van der Waals surface area contributed by atoms with Crippen molar-refractivity contribution in [3.63, 3.8) is 0 Å². The molecule has 1 amide bonds. The molecule has 0 fully saturated rings. The average Bonchev–Trinajstić information content (AvgIpc) is 2.17. The average molecular weight is 209 g/mol. The van der Waals surface area contributed by atoms with Gasteiger partial charge in [0.05, 0.1) is 0 Å². The second-order valence-electron chi connectivity index (χ2n) is 3.68. The topological polar surface area (TPSA) is 43.1 Å². The van der Waals surface area contributed by atoms with Crippen molar-refractivity contribution in [3.8, 4) is 0 Å². The third-order valence-corrected chi connectivity index (χ3v) is 2.43. The van der Waals surface area contributed by atoms with Crippen LogP contribution >= 0.6 is 0 Å². The fourth-order valence-corrected chi connectivity index (χ4v) is 1.77. The highest BCUT2D eigenvalue weighted by molar-refractivity contribution is 5.74. The van der Waals surface area contributed by atoms with Crippen LogP contribution in [0.4, 0.5) is 4.39 Å². The minimum Gasteiger partial charge on any atom is -0.370 e. The van der Waals surface area contributed by atoms with E-state index in [-0.39, 0.29) is 24.1 Å². The molecule has 0 aliphatic carbocycles. The van der Waals surface area contributed by atoms with Crippen molar-refractivity contribution < 1.29 is 9.18 Å². The molecule has 0 saturated carbocycles. The third kappa shape index (κ3) is 3.35. The van der Waals surface area contributed by atoms with E-state index in [2.05, 4.69) is 0 Å². The molecule has 1 aromatic carbocycles. The SMILES string of the molecule is CCCC(CC(N)=O)c1ccccc1F. The molecule has 1 atom stereocenters. The van der Waals surface area contributed by atoms with Crippen LogP contribution in [0.3, 0.4) is 0 Å². The van der Waals surface area contributed by atoms with Crippen LogP contribution in [-0.2, 0) is 4.79 Å². The van der Waals surface area contributed by atoms with Gasteiger partial charge in [-0.1, -0.05) is 31.5 Å². The summed E-state index contributed by atoms with van der Waals surface area (Å²) in [5.74, 6) is -0.720. The van der Waals surface area contributed by atoms with Gasteiger partial charge >= 0.3 is 0 Å². The van der Waals surface area contributed by atoms with E-state index in [4.69, 9.17) is 5.73 Å². The second-order valence-corrected chi connectivity index (χ2v) is 3.68. The Balaban J connectivity index is 2.88. The monoisotopic (exact) mass is 209 g/mol.